The van der Waals surface area contributed by atoms with Crippen LogP contribution in [0.4, 0.5) is 10.2 Å². The number of aromatic nitrogens is 5. The van der Waals surface area contributed by atoms with E-state index in [0.29, 0.717) is 43.0 Å². The Kier molecular flexibility index (Phi) is 6.03. The molecule has 0 fully saturated rings. The minimum atomic E-state index is -0.280. The van der Waals surface area contributed by atoms with Crippen molar-refractivity contribution in [1.29, 1.82) is 0 Å². The van der Waals surface area contributed by atoms with Gasteiger partial charge in [-0.1, -0.05) is 31.2 Å². The summed E-state index contributed by atoms with van der Waals surface area (Å²) < 4.78 is 26.0. The predicted octanol–water partition coefficient (Wildman–Crippen LogP) is 3.68. The molecule has 0 radical (unpaired) electrons. The first-order chi connectivity index (χ1) is 15.1. The zero-order valence-corrected chi connectivity index (χ0v) is 17.6. The van der Waals surface area contributed by atoms with E-state index in [1.165, 1.54) is 12.1 Å². The maximum absolute atomic E-state index is 13.5. The van der Waals surface area contributed by atoms with Gasteiger partial charge in [0.2, 0.25) is 0 Å². The standard InChI is InChI=1S/C22H23FN6O2/c1-4-17-20(24-12-14-7-5-9-16(23)11-14)26-21(28-27-17)29-18-10-6-8-15(13-30-2)19(18)25-22(29)31-3/h5-11H,4,12-13H2,1-3H3,(H,24,26,28). The minimum Gasteiger partial charge on any atom is -0.468 e. The van der Waals surface area contributed by atoms with E-state index in [1.807, 2.05) is 31.2 Å². The van der Waals surface area contributed by atoms with Crippen LogP contribution in [0, 0.1) is 5.82 Å². The van der Waals surface area contributed by atoms with Gasteiger partial charge < -0.3 is 14.8 Å². The summed E-state index contributed by atoms with van der Waals surface area (Å²) in [6.45, 7) is 2.80. The van der Waals surface area contributed by atoms with Crippen LogP contribution in [0.2, 0.25) is 0 Å². The Morgan fingerprint density at radius 3 is 2.65 bits per heavy atom. The Labute approximate surface area is 179 Å². The number of nitrogens with zero attached hydrogens (tertiary/aromatic N) is 5. The summed E-state index contributed by atoms with van der Waals surface area (Å²) >= 11 is 0. The average Bonchev–Trinajstić information content (AvgIpc) is 3.17. The van der Waals surface area contributed by atoms with Crippen LogP contribution in [-0.4, -0.2) is 39.0 Å². The van der Waals surface area contributed by atoms with Gasteiger partial charge in [-0.25, -0.2) is 8.96 Å². The molecule has 1 N–H and O–H groups in total. The molecule has 0 spiro atoms. The predicted molar refractivity (Wildman–Crippen MR) is 115 cm³/mol. The third kappa shape index (κ3) is 4.17. The number of ether oxygens (including phenoxy) is 2. The van der Waals surface area contributed by atoms with E-state index in [2.05, 4.69) is 20.5 Å². The molecule has 4 rings (SSSR count). The Balaban J connectivity index is 1.75. The molecule has 0 amide bonds. The highest BCUT2D eigenvalue weighted by atomic mass is 19.1. The molecule has 2 aromatic carbocycles. The monoisotopic (exact) mass is 422 g/mol. The van der Waals surface area contributed by atoms with Gasteiger partial charge in [0.1, 0.15) is 11.5 Å². The number of halogens is 1. The number of anilines is 1. The minimum absolute atomic E-state index is 0.280. The zero-order chi connectivity index (χ0) is 21.8. The summed E-state index contributed by atoms with van der Waals surface area (Å²) in [5, 5.41) is 11.9. The third-order valence-electron chi connectivity index (χ3n) is 4.85. The molecule has 4 aromatic rings. The smallest absolute Gasteiger partial charge is 0.304 e. The SMILES string of the molecule is CCc1nnc(-n2c(OC)nc3c(COC)cccc32)nc1NCc1cccc(F)c1. The normalized spacial score (nSPS) is 11.1. The van der Waals surface area contributed by atoms with Crippen LogP contribution < -0.4 is 10.1 Å². The number of benzene rings is 2. The highest BCUT2D eigenvalue weighted by molar-refractivity contribution is 5.81. The fourth-order valence-electron chi connectivity index (χ4n) is 3.38. The molecule has 2 aromatic heterocycles. The maximum Gasteiger partial charge on any atom is 0.304 e. The Morgan fingerprint density at radius 2 is 1.90 bits per heavy atom. The van der Waals surface area contributed by atoms with E-state index >= 15 is 0 Å². The fourth-order valence-corrected chi connectivity index (χ4v) is 3.38. The summed E-state index contributed by atoms with van der Waals surface area (Å²) in [6, 6.07) is 12.6. The van der Waals surface area contributed by atoms with E-state index in [9.17, 15) is 4.39 Å². The molecule has 0 bridgehead atoms. The van der Waals surface area contributed by atoms with Crippen molar-refractivity contribution >= 4 is 16.9 Å². The second-order valence-electron chi connectivity index (χ2n) is 6.90. The highest BCUT2D eigenvalue weighted by Gasteiger charge is 2.19. The number of fused-ring (bicyclic) bond motifs is 1. The first-order valence-electron chi connectivity index (χ1n) is 9.90. The lowest BCUT2D eigenvalue weighted by Crippen LogP contribution is -2.12. The zero-order valence-electron chi connectivity index (χ0n) is 17.6. The molecule has 0 aliphatic heterocycles. The number of methoxy groups -OCH3 is 2. The second kappa shape index (κ2) is 9.05. The van der Waals surface area contributed by atoms with Crippen molar-refractivity contribution in [3.8, 4) is 12.0 Å². The van der Waals surface area contributed by atoms with Gasteiger partial charge in [0.15, 0.2) is 5.82 Å². The second-order valence-corrected chi connectivity index (χ2v) is 6.90. The van der Waals surface area contributed by atoms with Gasteiger partial charge in [-0.05, 0) is 30.2 Å². The Hall–Kier alpha value is -3.59. The molecule has 0 aliphatic rings. The van der Waals surface area contributed by atoms with E-state index in [4.69, 9.17) is 14.5 Å². The molecule has 0 aliphatic carbocycles. The first-order valence-corrected chi connectivity index (χ1v) is 9.90. The Morgan fingerprint density at radius 1 is 1.06 bits per heavy atom. The summed E-state index contributed by atoms with van der Waals surface area (Å²) in [7, 11) is 3.19. The molecular formula is C22H23FN6O2. The van der Waals surface area contributed by atoms with Gasteiger partial charge >= 0.3 is 6.01 Å². The lowest BCUT2D eigenvalue weighted by molar-refractivity contribution is 0.186. The molecule has 0 saturated carbocycles. The fraction of sp³-hybridized carbons (Fsp3) is 0.273. The van der Waals surface area contributed by atoms with Crippen molar-refractivity contribution < 1.29 is 13.9 Å². The number of para-hydroxylation sites is 1. The van der Waals surface area contributed by atoms with Crippen molar-refractivity contribution in [1.82, 2.24) is 24.7 Å². The van der Waals surface area contributed by atoms with Gasteiger partial charge in [0.25, 0.3) is 5.95 Å². The van der Waals surface area contributed by atoms with Crippen LogP contribution in [0.5, 0.6) is 6.01 Å². The number of imidazole rings is 1. The van der Waals surface area contributed by atoms with Crippen molar-refractivity contribution in [2.24, 2.45) is 0 Å². The molecule has 0 unspecified atom stereocenters. The van der Waals surface area contributed by atoms with Crippen LogP contribution >= 0.6 is 0 Å². The summed E-state index contributed by atoms with van der Waals surface area (Å²) in [5.74, 6) is 0.625. The van der Waals surface area contributed by atoms with Crippen LogP contribution in [0.3, 0.4) is 0 Å². The lowest BCUT2D eigenvalue weighted by Gasteiger charge is -2.12. The number of nitrogens with one attached hydrogen (secondary N) is 1. The topological polar surface area (TPSA) is 87.0 Å². The van der Waals surface area contributed by atoms with E-state index in [-0.39, 0.29) is 5.82 Å². The number of hydrogen-bond acceptors (Lipinski definition) is 7. The van der Waals surface area contributed by atoms with Gasteiger partial charge in [-0.3, -0.25) is 0 Å². The molecule has 9 heteroatoms. The van der Waals surface area contributed by atoms with Gasteiger partial charge in [-0.2, -0.15) is 9.97 Å². The summed E-state index contributed by atoms with van der Waals surface area (Å²) in [6.07, 6.45) is 0.644. The van der Waals surface area contributed by atoms with Crippen molar-refractivity contribution in [2.75, 3.05) is 19.5 Å². The summed E-state index contributed by atoms with van der Waals surface area (Å²) in [5.41, 5.74) is 3.98. The van der Waals surface area contributed by atoms with E-state index in [1.54, 1.807) is 24.9 Å². The van der Waals surface area contributed by atoms with Crippen molar-refractivity contribution in [3.63, 3.8) is 0 Å². The van der Waals surface area contributed by atoms with Crippen LogP contribution in [0.15, 0.2) is 42.5 Å². The number of aryl methyl sites for hydroxylation is 1. The third-order valence-corrected chi connectivity index (χ3v) is 4.85. The van der Waals surface area contributed by atoms with Crippen molar-refractivity contribution in [2.45, 2.75) is 26.5 Å². The molecule has 0 saturated heterocycles. The van der Waals surface area contributed by atoms with E-state index in [0.717, 1.165) is 22.2 Å². The number of rotatable bonds is 8. The quantitative estimate of drug-likeness (QED) is 0.463. The van der Waals surface area contributed by atoms with Crippen LogP contribution in [-0.2, 0) is 24.3 Å². The molecule has 8 nitrogen and oxygen atoms in total. The largest absolute Gasteiger partial charge is 0.468 e. The highest BCUT2D eigenvalue weighted by Crippen LogP contribution is 2.28. The first kappa shape index (κ1) is 20.7. The molecule has 0 atom stereocenters. The Bertz CT molecular complexity index is 1210. The molecular weight excluding hydrogens is 399 g/mol. The van der Waals surface area contributed by atoms with Gasteiger partial charge in [0, 0.05) is 19.2 Å². The molecule has 160 valence electrons. The van der Waals surface area contributed by atoms with E-state index < -0.39 is 0 Å². The molecule has 2 heterocycles. The van der Waals surface area contributed by atoms with Crippen LogP contribution in [0.1, 0.15) is 23.7 Å². The average molecular weight is 422 g/mol. The van der Waals surface area contributed by atoms with Gasteiger partial charge in [-0.15, -0.1) is 10.2 Å². The van der Waals surface area contributed by atoms with Crippen molar-refractivity contribution in [3.05, 3.63) is 65.1 Å². The number of hydrogen-bond donors (Lipinski definition) is 1. The van der Waals surface area contributed by atoms with Crippen LogP contribution in [0.25, 0.3) is 17.0 Å². The molecule has 31 heavy (non-hydrogen) atoms. The maximum atomic E-state index is 13.5. The van der Waals surface area contributed by atoms with Gasteiger partial charge in [0.05, 0.1) is 24.8 Å². The lowest BCUT2D eigenvalue weighted by atomic mass is 10.2. The summed E-state index contributed by atoms with van der Waals surface area (Å²) in [4.78, 5) is 9.28.